The van der Waals surface area contributed by atoms with Crippen molar-refractivity contribution in [1.82, 2.24) is 15.1 Å². The highest BCUT2D eigenvalue weighted by Crippen LogP contribution is 2.32. The Morgan fingerprint density at radius 2 is 2.11 bits per heavy atom. The second-order valence-corrected chi connectivity index (χ2v) is 6.86. The van der Waals surface area contributed by atoms with Crippen molar-refractivity contribution >= 4 is 34.9 Å². The molecule has 2 aromatic heterocycles. The van der Waals surface area contributed by atoms with Gasteiger partial charge in [0, 0.05) is 12.6 Å². The number of amides is 1. The maximum atomic E-state index is 12.3. The summed E-state index contributed by atoms with van der Waals surface area (Å²) in [6.45, 7) is 0.805. The maximum Gasteiger partial charge on any atom is 0.292 e. The average molecular weight is 409 g/mol. The minimum absolute atomic E-state index is 0.114. The Morgan fingerprint density at radius 1 is 1.30 bits per heavy atom. The van der Waals surface area contributed by atoms with Gasteiger partial charge in [-0.3, -0.25) is 9.89 Å². The first-order chi connectivity index (χ1) is 12.9. The Bertz CT molecular complexity index is 936. The molecule has 2 N–H and O–H groups in total. The largest absolute Gasteiger partial charge is 0.484 e. The van der Waals surface area contributed by atoms with Gasteiger partial charge in [0.2, 0.25) is 0 Å². The number of carbonyl (C=O) groups excluding carboxylic acids is 1. The molecule has 142 valence electrons. The van der Waals surface area contributed by atoms with Crippen molar-refractivity contribution < 1.29 is 13.9 Å². The number of nitrogens with one attached hydrogen (secondary N) is 2. The van der Waals surface area contributed by atoms with E-state index in [1.54, 1.807) is 36.4 Å². The molecule has 2 heterocycles. The molecule has 0 atom stereocenters. The first-order valence-electron chi connectivity index (χ1n) is 8.08. The minimum Gasteiger partial charge on any atom is -0.484 e. The highest BCUT2D eigenvalue weighted by atomic mass is 35.5. The Hall–Kier alpha value is -2.48. The summed E-state index contributed by atoms with van der Waals surface area (Å²) < 4.78 is 11.1. The van der Waals surface area contributed by atoms with E-state index >= 15 is 0 Å². The van der Waals surface area contributed by atoms with Gasteiger partial charge in [0.1, 0.15) is 23.1 Å². The summed E-state index contributed by atoms with van der Waals surface area (Å²) in [6.07, 6.45) is 0. The smallest absolute Gasteiger partial charge is 0.292 e. The predicted molar refractivity (Wildman–Crippen MR) is 103 cm³/mol. The van der Waals surface area contributed by atoms with E-state index < -0.39 is 5.91 Å². The van der Waals surface area contributed by atoms with Crippen molar-refractivity contribution in [2.45, 2.75) is 13.2 Å². The number of nitrogens with zero attached hydrogens (tertiary/aromatic N) is 2. The zero-order valence-corrected chi connectivity index (χ0v) is 16.3. The molecule has 9 heteroatoms. The number of hydrogen-bond acceptors (Lipinski definition) is 5. The number of ether oxygens (including phenoxy) is 1. The highest BCUT2D eigenvalue weighted by molar-refractivity contribution is 6.42. The number of benzene rings is 1. The van der Waals surface area contributed by atoms with Crippen molar-refractivity contribution in [3.05, 3.63) is 63.7 Å². The molecule has 7 nitrogen and oxygen atoms in total. The Balaban J connectivity index is 1.59. The maximum absolute atomic E-state index is 12.3. The van der Waals surface area contributed by atoms with Gasteiger partial charge in [-0.1, -0.05) is 29.3 Å². The van der Waals surface area contributed by atoms with E-state index in [0.29, 0.717) is 33.9 Å². The van der Waals surface area contributed by atoms with E-state index in [9.17, 15) is 4.79 Å². The van der Waals surface area contributed by atoms with Crippen LogP contribution in [0.1, 0.15) is 22.0 Å². The third kappa shape index (κ3) is 5.03. The molecular formula is C18H18Cl2N4O3. The van der Waals surface area contributed by atoms with E-state index in [-0.39, 0.29) is 12.4 Å². The molecule has 0 radical (unpaired) electrons. The van der Waals surface area contributed by atoms with Crippen molar-refractivity contribution in [1.29, 1.82) is 0 Å². The third-order valence-electron chi connectivity index (χ3n) is 3.53. The van der Waals surface area contributed by atoms with Crippen LogP contribution in [0.2, 0.25) is 10.0 Å². The molecule has 0 saturated carbocycles. The van der Waals surface area contributed by atoms with Gasteiger partial charge in [-0.15, -0.1) is 0 Å². The van der Waals surface area contributed by atoms with Crippen LogP contribution >= 0.6 is 23.2 Å². The first kappa shape index (κ1) is 19.3. The number of aromatic nitrogens is 2. The fraction of sp³-hybridized carbons (Fsp3) is 0.222. The van der Waals surface area contributed by atoms with Gasteiger partial charge in [-0.2, -0.15) is 5.10 Å². The summed E-state index contributed by atoms with van der Waals surface area (Å²) in [5.41, 5.74) is 0.891. The van der Waals surface area contributed by atoms with Crippen LogP contribution in [0.25, 0.3) is 0 Å². The summed E-state index contributed by atoms with van der Waals surface area (Å²) in [7, 11) is 3.89. The van der Waals surface area contributed by atoms with E-state index in [2.05, 4.69) is 15.5 Å². The molecule has 0 saturated heterocycles. The van der Waals surface area contributed by atoms with Crippen molar-refractivity contribution in [3.8, 4) is 5.75 Å². The van der Waals surface area contributed by atoms with Crippen LogP contribution in [0.4, 0.5) is 5.82 Å². The van der Waals surface area contributed by atoms with Crippen LogP contribution < -0.4 is 10.1 Å². The number of carbonyl (C=O) groups is 1. The molecule has 0 unspecified atom stereocenters. The first-order valence-corrected chi connectivity index (χ1v) is 8.84. The standard InChI is InChI=1S/C18H18Cl2N4O3/c1-24(2)9-11-8-16(23-22-11)21-18(25)15-7-6-12(27-15)10-26-14-5-3-4-13(19)17(14)20/h3-8H,9-10H2,1-2H3,(H2,21,22,23,25). The molecule has 0 aliphatic heterocycles. The summed E-state index contributed by atoms with van der Waals surface area (Å²) in [6, 6.07) is 10.1. The van der Waals surface area contributed by atoms with Crippen LogP contribution in [-0.4, -0.2) is 35.1 Å². The zero-order chi connectivity index (χ0) is 19.4. The van der Waals surface area contributed by atoms with Gasteiger partial charge >= 0.3 is 0 Å². The SMILES string of the molecule is CN(C)Cc1cc(NC(=O)c2ccc(COc3cccc(Cl)c3Cl)o2)n[nH]1. The number of rotatable bonds is 7. The summed E-state index contributed by atoms with van der Waals surface area (Å²) in [5, 5.41) is 10.3. The number of anilines is 1. The molecule has 0 aliphatic carbocycles. The molecule has 1 amide bonds. The lowest BCUT2D eigenvalue weighted by atomic mass is 10.3. The van der Waals surface area contributed by atoms with Gasteiger partial charge in [0.05, 0.1) is 10.7 Å². The summed E-state index contributed by atoms with van der Waals surface area (Å²) in [4.78, 5) is 14.3. The predicted octanol–water partition coefficient (Wildman–Crippen LogP) is 4.20. The lowest BCUT2D eigenvalue weighted by molar-refractivity contribution is 0.0992. The van der Waals surface area contributed by atoms with Gasteiger partial charge in [0.25, 0.3) is 5.91 Å². The van der Waals surface area contributed by atoms with Crippen molar-refractivity contribution in [3.63, 3.8) is 0 Å². The molecule has 0 bridgehead atoms. The molecular weight excluding hydrogens is 391 g/mol. The third-order valence-corrected chi connectivity index (χ3v) is 4.33. The normalized spacial score (nSPS) is 11.0. The monoisotopic (exact) mass is 408 g/mol. The lowest BCUT2D eigenvalue weighted by Gasteiger charge is -2.07. The number of furan rings is 1. The number of hydrogen-bond donors (Lipinski definition) is 2. The molecule has 3 rings (SSSR count). The highest BCUT2D eigenvalue weighted by Gasteiger charge is 2.14. The van der Waals surface area contributed by atoms with Crippen LogP contribution in [0, 0.1) is 0 Å². The molecule has 0 aliphatic rings. The van der Waals surface area contributed by atoms with Crippen LogP contribution in [0.3, 0.4) is 0 Å². The van der Waals surface area contributed by atoms with E-state index in [1.807, 2.05) is 19.0 Å². The van der Waals surface area contributed by atoms with Crippen molar-refractivity contribution in [2.24, 2.45) is 0 Å². The van der Waals surface area contributed by atoms with E-state index in [0.717, 1.165) is 5.69 Å². The Kier molecular flexibility index (Phi) is 6.05. The summed E-state index contributed by atoms with van der Waals surface area (Å²) in [5.74, 6) is 1.10. The lowest BCUT2D eigenvalue weighted by Crippen LogP contribution is -2.11. The average Bonchev–Trinajstić information content (AvgIpc) is 3.25. The van der Waals surface area contributed by atoms with Crippen LogP contribution in [0.5, 0.6) is 5.75 Å². The van der Waals surface area contributed by atoms with E-state index in [1.165, 1.54) is 0 Å². The minimum atomic E-state index is -0.398. The number of H-pyrrole nitrogens is 1. The van der Waals surface area contributed by atoms with Gasteiger partial charge < -0.3 is 19.4 Å². The molecule has 1 aromatic carbocycles. The fourth-order valence-corrected chi connectivity index (χ4v) is 2.69. The number of halogens is 2. The van der Waals surface area contributed by atoms with Crippen LogP contribution in [0.15, 0.2) is 40.8 Å². The second-order valence-electron chi connectivity index (χ2n) is 6.08. The Morgan fingerprint density at radius 3 is 2.89 bits per heavy atom. The molecule has 27 heavy (non-hydrogen) atoms. The quantitative estimate of drug-likeness (QED) is 0.611. The number of aromatic amines is 1. The fourth-order valence-electron chi connectivity index (χ4n) is 2.35. The second kappa shape index (κ2) is 8.47. The van der Waals surface area contributed by atoms with Gasteiger partial charge in [-0.05, 0) is 38.4 Å². The molecule has 3 aromatic rings. The van der Waals surface area contributed by atoms with Gasteiger partial charge in [-0.25, -0.2) is 0 Å². The topological polar surface area (TPSA) is 83.4 Å². The van der Waals surface area contributed by atoms with E-state index in [4.69, 9.17) is 32.4 Å². The van der Waals surface area contributed by atoms with Crippen molar-refractivity contribution in [2.75, 3.05) is 19.4 Å². The molecule has 0 spiro atoms. The molecule has 0 fully saturated rings. The Labute approximate surface area is 166 Å². The van der Waals surface area contributed by atoms with Gasteiger partial charge in [0.15, 0.2) is 11.6 Å². The van der Waals surface area contributed by atoms with Crippen LogP contribution in [-0.2, 0) is 13.2 Å². The summed E-state index contributed by atoms with van der Waals surface area (Å²) >= 11 is 12.0. The zero-order valence-electron chi connectivity index (χ0n) is 14.8.